The van der Waals surface area contributed by atoms with Gasteiger partial charge in [-0.1, -0.05) is 56.0 Å². The Morgan fingerprint density at radius 3 is 2.00 bits per heavy atom. The molecule has 2 aliphatic carbocycles. The van der Waals surface area contributed by atoms with Crippen molar-refractivity contribution in [3.8, 4) is 0 Å². The zero-order chi connectivity index (χ0) is 15.9. The van der Waals surface area contributed by atoms with E-state index in [1.54, 1.807) is 0 Å². The maximum Gasteiger partial charge on any atom is 0.340 e. The van der Waals surface area contributed by atoms with E-state index in [1.165, 1.54) is 25.7 Å². The molecule has 1 aromatic carbocycles. The van der Waals surface area contributed by atoms with Crippen molar-refractivity contribution in [3.63, 3.8) is 0 Å². The summed E-state index contributed by atoms with van der Waals surface area (Å²) >= 11 is 0. The summed E-state index contributed by atoms with van der Waals surface area (Å²) in [6.45, 7) is 0. The standard InChI is InChI=1S/C20H28O3/c21-20(23-18-14-8-3-9-15-18)19(16-10-4-1-5-11-16)22-17-12-6-2-7-13-17/h1,4-5,10-11,17-19H,2-3,6-9,12-15H2/t19-/m1/s1. The van der Waals surface area contributed by atoms with Gasteiger partial charge in [0.05, 0.1) is 6.10 Å². The average Bonchev–Trinajstić information content (AvgIpc) is 2.62. The molecule has 2 saturated carbocycles. The van der Waals surface area contributed by atoms with E-state index in [0.717, 1.165) is 44.1 Å². The maximum absolute atomic E-state index is 12.7. The quantitative estimate of drug-likeness (QED) is 0.721. The molecule has 3 nitrogen and oxygen atoms in total. The number of ether oxygens (including phenoxy) is 2. The molecule has 3 rings (SSSR count). The summed E-state index contributed by atoms with van der Waals surface area (Å²) in [7, 11) is 0. The van der Waals surface area contributed by atoms with Crippen LogP contribution in [0.2, 0.25) is 0 Å². The monoisotopic (exact) mass is 316 g/mol. The van der Waals surface area contributed by atoms with Gasteiger partial charge in [0.1, 0.15) is 6.10 Å². The number of carbonyl (C=O) groups excluding carboxylic acids is 1. The van der Waals surface area contributed by atoms with Crippen LogP contribution in [0.15, 0.2) is 30.3 Å². The van der Waals surface area contributed by atoms with Gasteiger partial charge >= 0.3 is 5.97 Å². The summed E-state index contributed by atoms with van der Waals surface area (Å²) in [4.78, 5) is 12.7. The van der Waals surface area contributed by atoms with E-state index in [2.05, 4.69) is 0 Å². The topological polar surface area (TPSA) is 35.5 Å². The van der Waals surface area contributed by atoms with Crippen LogP contribution in [-0.2, 0) is 14.3 Å². The van der Waals surface area contributed by atoms with Gasteiger partial charge in [0.25, 0.3) is 0 Å². The molecule has 0 N–H and O–H groups in total. The molecule has 0 radical (unpaired) electrons. The normalized spacial score (nSPS) is 21.7. The maximum atomic E-state index is 12.7. The van der Waals surface area contributed by atoms with E-state index in [1.807, 2.05) is 30.3 Å². The first-order chi connectivity index (χ1) is 11.3. The summed E-state index contributed by atoms with van der Waals surface area (Å²) in [5.41, 5.74) is 0.916. The highest BCUT2D eigenvalue weighted by Gasteiger charge is 2.30. The van der Waals surface area contributed by atoms with Gasteiger partial charge in [0, 0.05) is 0 Å². The van der Waals surface area contributed by atoms with Crippen LogP contribution in [0.4, 0.5) is 0 Å². The van der Waals surface area contributed by atoms with Crippen molar-refractivity contribution in [2.45, 2.75) is 82.5 Å². The molecule has 0 aliphatic heterocycles. The van der Waals surface area contributed by atoms with Crippen molar-refractivity contribution in [3.05, 3.63) is 35.9 Å². The molecule has 2 aliphatic rings. The minimum Gasteiger partial charge on any atom is -0.460 e. The first kappa shape index (κ1) is 16.5. The van der Waals surface area contributed by atoms with Gasteiger partial charge < -0.3 is 9.47 Å². The van der Waals surface area contributed by atoms with Crippen molar-refractivity contribution in [2.75, 3.05) is 0 Å². The predicted molar refractivity (Wildman–Crippen MR) is 90.1 cm³/mol. The number of hydrogen-bond acceptors (Lipinski definition) is 3. The van der Waals surface area contributed by atoms with Gasteiger partial charge in [-0.25, -0.2) is 4.79 Å². The van der Waals surface area contributed by atoms with Gasteiger partial charge in [-0.05, 0) is 44.1 Å². The molecule has 1 atom stereocenters. The fourth-order valence-electron chi connectivity index (χ4n) is 3.70. The van der Waals surface area contributed by atoms with Crippen LogP contribution in [0.25, 0.3) is 0 Å². The second kappa shape index (κ2) is 8.49. The number of esters is 1. The molecular weight excluding hydrogens is 288 g/mol. The second-order valence-electron chi connectivity index (χ2n) is 6.88. The molecule has 3 heteroatoms. The van der Waals surface area contributed by atoms with E-state index in [4.69, 9.17) is 9.47 Å². The second-order valence-corrected chi connectivity index (χ2v) is 6.88. The highest BCUT2D eigenvalue weighted by atomic mass is 16.6. The molecule has 0 spiro atoms. The Labute approximate surface area is 139 Å². The van der Waals surface area contributed by atoms with E-state index in [-0.39, 0.29) is 18.2 Å². The Balaban J connectivity index is 1.67. The lowest BCUT2D eigenvalue weighted by Crippen LogP contribution is -2.29. The largest absolute Gasteiger partial charge is 0.460 e. The van der Waals surface area contributed by atoms with Crippen LogP contribution in [-0.4, -0.2) is 18.2 Å². The van der Waals surface area contributed by atoms with Crippen LogP contribution in [0, 0.1) is 0 Å². The lowest BCUT2D eigenvalue weighted by molar-refractivity contribution is -0.170. The van der Waals surface area contributed by atoms with Gasteiger partial charge in [-0.15, -0.1) is 0 Å². The number of benzene rings is 1. The fourth-order valence-corrected chi connectivity index (χ4v) is 3.70. The molecule has 0 bridgehead atoms. The van der Waals surface area contributed by atoms with E-state index in [0.29, 0.717) is 0 Å². The summed E-state index contributed by atoms with van der Waals surface area (Å²) in [6, 6.07) is 9.82. The van der Waals surface area contributed by atoms with Crippen molar-refractivity contribution in [2.24, 2.45) is 0 Å². The molecule has 23 heavy (non-hydrogen) atoms. The zero-order valence-electron chi connectivity index (χ0n) is 13.9. The van der Waals surface area contributed by atoms with Crippen LogP contribution in [0.1, 0.15) is 75.9 Å². The molecule has 126 valence electrons. The minimum atomic E-state index is -0.568. The first-order valence-corrected chi connectivity index (χ1v) is 9.24. The number of carbonyl (C=O) groups is 1. The average molecular weight is 316 g/mol. The van der Waals surface area contributed by atoms with E-state index < -0.39 is 6.10 Å². The zero-order valence-corrected chi connectivity index (χ0v) is 13.9. The van der Waals surface area contributed by atoms with Crippen LogP contribution >= 0.6 is 0 Å². The molecule has 0 aromatic heterocycles. The lowest BCUT2D eigenvalue weighted by Gasteiger charge is -2.29. The van der Waals surface area contributed by atoms with E-state index in [9.17, 15) is 4.79 Å². The molecule has 2 fully saturated rings. The summed E-state index contributed by atoms with van der Waals surface area (Å²) in [5.74, 6) is -0.200. The van der Waals surface area contributed by atoms with Crippen molar-refractivity contribution >= 4 is 5.97 Å². The number of hydrogen-bond donors (Lipinski definition) is 0. The van der Waals surface area contributed by atoms with Crippen LogP contribution in [0.3, 0.4) is 0 Å². The van der Waals surface area contributed by atoms with E-state index >= 15 is 0 Å². The van der Waals surface area contributed by atoms with Gasteiger partial charge in [-0.2, -0.15) is 0 Å². The third-order valence-electron chi connectivity index (χ3n) is 5.03. The Bertz CT molecular complexity index is 473. The fraction of sp³-hybridized carbons (Fsp3) is 0.650. The third-order valence-corrected chi connectivity index (χ3v) is 5.03. The summed E-state index contributed by atoms with van der Waals surface area (Å²) in [5, 5.41) is 0. The molecule has 0 unspecified atom stereocenters. The Morgan fingerprint density at radius 2 is 1.39 bits per heavy atom. The SMILES string of the molecule is O=C(OC1CCCCC1)[C@H](OC1CCCCC1)c1ccccc1. The number of rotatable bonds is 5. The Kier molecular flexibility index (Phi) is 6.09. The lowest BCUT2D eigenvalue weighted by atomic mass is 9.97. The summed E-state index contributed by atoms with van der Waals surface area (Å²) in [6.07, 6.45) is 11.1. The van der Waals surface area contributed by atoms with Crippen molar-refractivity contribution in [1.82, 2.24) is 0 Å². The van der Waals surface area contributed by atoms with Crippen molar-refractivity contribution in [1.29, 1.82) is 0 Å². The Hall–Kier alpha value is -1.35. The third kappa shape index (κ3) is 4.81. The molecule has 0 amide bonds. The highest BCUT2D eigenvalue weighted by molar-refractivity contribution is 5.76. The minimum absolute atomic E-state index is 0.0809. The van der Waals surface area contributed by atoms with Gasteiger partial charge in [0.2, 0.25) is 0 Å². The highest BCUT2D eigenvalue weighted by Crippen LogP contribution is 2.29. The smallest absolute Gasteiger partial charge is 0.340 e. The molecular formula is C20H28O3. The molecule has 0 saturated heterocycles. The first-order valence-electron chi connectivity index (χ1n) is 9.24. The van der Waals surface area contributed by atoms with Crippen molar-refractivity contribution < 1.29 is 14.3 Å². The van der Waals surface area contributed by atoms with Crippen LogP contribution in [0.5, 0.6) is 0 Å². The van der Waals surface area contributed by atoms with Gasteiger partial charge in [0.15, 0.2) is 6.10 Å². The molecule has 0 heterocycles. The molecule has 1 aromatic rings. The Morgan fingerprint density at radius 1 is 0.826 bits per heavy atom. The predicted octanol–water partition coefficient (Wildman–Crippen LogP) is 4.95. The van der Waals surface area contributed by atoms with Crippen LogP contribution < -0.4 is 0 Å². The van der Waals surface area contributed by atoms with Gasteiger partial charge in [-0.3, -0.25) is 0 Å². The summed E-state index contributed by atoms with van der Waals surface area (Å²) < 4.78 is 12.0.